The van der Waals surface area contributed by atoms with E-state index in [1.165, 1.54) is 7.11 Å². The molecule has 110 valence electrons. The van der Waals surface area contributed by atoms with Gasteiger partial charge in [0.15, 0.2) is 0 Å². The van der Waals surface area contributed by atoms with Gasteiger partial charge in [0.25, 0.3) is 0 Å². The molecule has 0 amide bonds. The van der Waals surface area contributed by atoms with Gasteiger partial charge in [-0.3, -0.25) is 4.79 Å². The van der Waals surface area contributed by atoms with Crippen molar-refractivity contribution < 1.29 is 14.3 Å². The summed E-state index contributed by atoms with van der Waals surface area (Å²) < 4.78 is 10.7. The Kier molecular flexibility index (Phi) is 4.99. The number of rotatable bonds is 5. The van der Waals surface area contributed by atoms with Crippen LogP contribution in [0.15, 0.2) is 42.5 Å². The van der Waals surface area contributed by atoms with Gasteiger partial charge in [-0.1, -0.05) is 42.5 Å². The number of carbonyl (C=O) groups excluding carboxylic acids is 1. The molecule has 0 aliphatic heterocycles. The number of ether oxygens (including phenoxy) is 2. The van der Waals surface area contributed by atoms with Crippen molar-refractivity contribution in [2.45, 2.75) is 26.9 Å². The lowest BCUT2D eigenvalue weighted by atomic mass is 10.0. The van der Waals surface area contributed by atoms with E-state index < -0.39 is 0 Å². The molecule has 3 heteroatoms. The summed E-state index contributed by atoms with van der Waals surface area (Å²) in [5.41, 5.74) is 4.17. The zero-order valence-electron chi connectivity index (χ0n) is 12.7. The van der Waals surface area contributed by atoms with Crippen LogP contribution in [0.4, 0.5) is 0 Å². The second-order valence-electron chi connectivity index (χ2n) is 5.02. The van der Waals surface area contributed by atoms with Gasteiger partial charge in [-0.25, -0.2) is 0 Å². The van der Waals surface area contributed by atoms with Crippen molar-refractivity contribution in [2.24, 2.45) is 0 Å². The molecule has 0 saturated carbocycles. The maximum absolute atomic E-state index is 11.5. The number of aryl methyl sites for hydroxylation is 1. The fourth-order valence-electron chi connectivity index (χ4n) is 2.14. The van der Waals surface area contributed by atoms with Gasteiger partial charge in [0.2, 0.25) is 0 Å². The number of esters is 1. The smallest absolute Gasteiger partial charge is 0.310 e. The van der Waals surface area contributed by atoms with Crippen molar-refractivity contribution in [3.8, 4) is 5.75 Å². The molecule has 0 spiro atoms. The van der Waals surface area contributed by atoms with Crippen molar-refractivity contribution in [3.63, 3.8) is 0 Å². The van der Waals surface area contributed by atoms with Crippen molar-refractivity contribution in [3.05, 3.63) is 64.7 Å². The van der Waals surface area contributed by atoms with Crippen molar-refractivity contribution >= 4 is 5.97 Å². The maximum Gasteiger partial charge on any atom is 0.310 e. The molecule has 0 unspecified atom stereocenters. The number of hydrogen-bond donors (Lipinski definition) is 0. The van der Waals surface area contributed by atoms with E-state index in [1.54, 1.807) is 0 Å². The first-order valence-electron chi connectivity index (χ1n) is 6.94. The minimum absolute atomic E-state index is 0.224. The first kappa shape index (κ1) is 15.1. The molecular weight excluding hydrogens is 264 g/mol. The lowest BCUT2D eigenvalue weighted by Crippen LogP contribution is -2.08. The van der Waals surface area contributed by atoms with Crippen LogP contribution in [-0.4, -0.2) is 13.1 Å². The van der Waals surface area contributed by atoms with Gasteiger partial charge in [-0.15, -0.1) is 0 Å². The average Bonchev–Trinajstić information content (AvgIpc) is 2.51. The first-order valence-corrected chi connectivity index (χ1v) is 6.94. The molecule has 0 N–H and O–H groups in total. The Morgan fingerprint density at radius 3 is 2.43 bits per heavy atom. The summed E-state index contributed by atoms with van der Waals surface area (Å²) in [7, 11) is 1.40. The molecule has 0 heterocycles. The Balaban J connectivity index is 2.23. The SMILES string of the molecule is COC(=O)Cc1ccc(C)c(C)c1OCc1ccccc1. The lowest BCUT2D eigenvalue weighted by Gasteiger charge is -2.15. The second kappa shape index (κ2) is 6.93. The summed E-state index contributed by atoms with van der Waals surface area (Å²) in [5.74, 6) is 0.520. The minimum Gasteiger partial charge on any atom is -0.488 e. The molecule has 0 aliphatic carbocycles. The summed E-state index contributed by atoms with van der Waals surface area (Å²) in [5, 5.41) is 0. The Morgan fingerprint density at radius 2 is 1.76 bits per heavy atom. The highest BCUT2D eigenvalue weighted by atomic mass is 16.5. The van der Waals surface area contributed by atoms with Gasteiger partial charge in [0.05, 0.1) is 13.5 Å². The van der Waals surface area contributed by atoms with Gasteiger partial charge < -0.3 is 9.47 Å². The van der Waals surface area contributed by atoms with Crippen LogP contribution in [0.5, 0.6) is 5.75 Å². The number of benzene rings is 2. The summed E-state index contributed by atoms with van der Waals surface area (Å²) in [4.78, 5) is 11.5. The largest absolute Gasteiger partial charge is 0.488 e. The first-order chi connectivity index (χ1) is 10.1. The molecule has 0 radical (unpaired) electrons. The van der Waals surface area contributed by atoms with Gasteiger partial charge in [0, 0.05) is 5.56 Å². The molecule has 0 aliphatic rings. The van der Waals surface area contributed by atoms with Crippen molar-refractivity contribution in [1.82, 2.24) is 0 Å². The molecule has 2 aromatic rings. The van der Waals surface area contributed by atoms with E-state index in [1.807, 2.05) is 56.3 Å². The normalized spacial score (nSPS) is 10.2. The van der Waals surface area contributed by atoms with Crippen LogP contribution >= 0.6 is 0 Å². The lowest BCUT2D eigenvalue weighted by molar-refractivity contribution is -0.139. The van der Waals surface area contributed by atoms with Crippen LogP contribution in [0.25, 0.3) is 0 Å². The summed E-state index contributed by atoms with van der Waals surface area (Å²) >= 11 is 0. The van der Waals surface area contributed by atoms with E-state index in [-0.39, 0.29) is 12.4 Å². The molecular formula is C18H20O3. The molecule has 2 aromatic carbocycles. The fraction of sp³-hybridized carbons (Fsp3) is 0.278. The quantitative estimate of drug-likeness (QED) is 0.787. The van der Waals surface area contributed by atoms with Crippen molar-refractivity contribution in [1.29, 1.82) is 0 Å². The summed E-state index contributed by atoms with van der Waals surface area (Å²) in [6.07, 6.45) is 0.224. The zero-order valence-corrected chi connectivity index (χ0v) is 12.7. The van der Waals surface area contributed by atoms with E-state index in [9.17, 15) is 4.79 Å². The Labute approximate surface area is 125 Å². The predicted molar refractivity (Wildman–Crippen MR) is 82.4 cm³/mol. The second-order valence-corrected chi connectivity index (χ2v) is 5.02. The van der Waals surface area contributed by atoms with E-state index in [0.717, 1.165) is 28.0 Å². The van der Waals surface area contributed by atoms with Gasteiger partial charge in [0.1, 0.15) is 12.4 Å². The van der Waals surface area contributed by atoms with Crippen LogP contribution in [-0.2, 0) is 22.6 Å². The number of methoxy groups -OCH3 is 1. The van der Waals surface area contributed by atoms with Gasteiger partial charge >= 0.3 is 5.97 Å². The van der Waals surface area contributed by atoms with Gasteiger partial charge in [-0.2, -0.15) is 0 Å². The van der Waals surface area contributed by atoms with Crippen LogP contribution in [0.3, 0.4) is 0 Å². The summed E-state index contributed by atoms with van der Waals surface area (Å²) in [6.45, 7) is 4.53. The highest BCUT2D eigenvalue weighted by Gasteiger charge is 2.13. The molecule has 2 rings (SSSR count). The number of carbonyl (C=O) groups is 1. The van der Waals surface area contributed by atoms with Crippen LogP contribution in [0.1, 0.15) is 22.3 Å². The molecule has 21 heavy (non-hydrogen) atoms. The van der Waals surface area contributed by atoms with E-state index in [4.69, 9.17) is 9.47 Å². The Bertz CT molecular complexity index is 618. The molecule has 0 atom stereocenters. The minimum atomic E-state index is -0.261. The van der Waals surface area contributed by atoms with E-state index in [0.29, 0.717) is 6.61 Å². The maximum atomic E-state index is 11.5. The van der Waals surface area contributed by atoms with E-state index >= 15 is 0 Å². The van der Waals surface area contributed by atoms with Gasteiger partial charge in [-0.05, 0) is 30.5 Å². The van der Waals surface area contributed by atoms with Crippen molar-refractivity contribution in [2.75, 3.05) is 7.11 Å². The summed E-state index contributed by atoms with van der Waals surface area (Å²) in [6, 6.07) is 13.9. The Morgan fingerprint density at radius 1 is 1.05 bits per heavy atom. The predicted octanol–water partition coefficient (Wildman–Crippen LogP) is 3.60. The number of hydrogen-bond acceptors (Lipinski definition) is 3. The molecule has 0 fully saturated rings. The fourth-order valence-corrected chi connectivity index (χ4v) is 2.14. The molecule has 3 nitrogen and oxygen atoms in total. The average molecular weight is 284 g/mol. The molecule has 0 aromatic heterocycles. The highest BCUT2D eigenvalue weighted by molar-refractivity contribution is 5.73. The third-order valence-corrected chi connectivity index (χ3v) is 3.55. The third-order valence-electron chi connectivity index (χ3n) is 3.55. The molecule has 0 bridgehead atoms. The Hall–Kier alpha value is -2.29. The zero-order chi connectivity index (χ0) is 15.2. The van der Waals surface area contributed by atoms with Crippen LogP contribution < -0.4 is 4.74 Å². The topological polar surface area (TPSA) is 35.5 Å². The standard InChI is InChI=1S/C18H20O3/c1-13-9-10-16(11-17(19)20-3)18(14(13)2)21-12-15-7-5-4-6-8-15/h4-10H,11-12H2,1-3H3. The monoisotopic (exact) mass is 284 g/mol. The molecule has 0 saturated heterocycles. The van der Waals surface area contributed by atoms with Crippen LogP contribution in [0.2, 0.25) is 0 Å². The third kappa shape index (κ3) is 3.85. The van der Waals surface area contributed by atoms with Crippen LogP contribution in [0, 0.1) is 13.8 Å². The highest BCUT2D eigenvalue weighted by Crippen LogP contribution is 2.28. The van der Waals surface area contributed by atoms with E-state index in [2.05, 4.69) is 0 Å².